The zero-order valence-corrected chi connectivity index (χ0v) is 73.4. The summed E-state index contributed by atoms with van der Waals surface area (Å²) in [5.74, 6) is -12.9. The van der Waals surface area contributed by atoms with Gasteiger partial charge in [-0.2, -0.15) is 0 Å². The third kappa shape index (κ3) is 30.4. The zero-order valence-electron chi connectivity index (χ0n) is 73.4. The lowest BCUT2D eigenvalue weighted by molar-refractivity contribution is -0.384. The third-order valence-corrected chi connectivity index (χ3v) is 25.0. The lowest BCUT2D eigenvalue weighted by Gasteiger charge is -2.55. The maximum Gasteiger partial charge on any atom is 0.338 e. The van der Waals surface area contributed by atoms with Crippen LogP contribution in [0.15, 0.2) is 12.2 Å². The Labute approximate surface area is 739 Å². The van der Waals surface area contributed by atoms with Crippen LogP contribution in [0.4, 0.5) is 0 Å². The summed E-state index contributed by atoms with van der Waals surface area (Å²) in [4.78, 5) is 80.1. The van der Waals surface area contributed by atoms with E-state index in [9.17, 15) is 146 Å². The maximum atomic E-state index is 14.2. The fourth-order valence-corrected chi connectivity index (χ4v) is 17.8. The molecule has 36 atom stereocenters. The normalized spacial score (nSPS) is 35.6. The summed E-state index contributed by atoms with van der Waals surface area (Å²) in [5, 5.41) is 274. The number of amides is 4. The van der Waals surface area contributed by atoms with Gasteiger partial charge >= 0.3 is 11.9 Å². The van der Waals surface area contributed by atoms with E-state index in [1.807, 2.05) is 0 Å². The van der Waals surface area contributed by atoms with Crippen molar-refractivity contribution in [2.24, 2.45) is 11.8 Å². The van der Waals surface area contributed by atoms with Crippen molar-refractivity contribution >= 4 is 35.6 Å². The molecule has 6 rings (SSSR count). The van der Waals surface area contributed by atoms with Crippen molar-refractivity contribution in [2.75, 3.05) is 46.2 Å². The lowest BCUT2D eigenvalue weighted by atomic mass is 9.72. The second kappa shape index (κ2) is 55.2. The number of carbonyl (C=O) groups is 6. The van der Waals surface area contributed by atoms with Gasteiger partial charge < -0.3 is 186 Å². The largest absolute Gasteiger partial charge is 0.479 e. The molecule has 6 aliphatic rings. The molecule has 0 aromatic heterocycles. The van der Waals surface area contributed by atoms with Crippen LogP contribution < -0.4 is 21.3 Å². The Morgan fingerprint density at radius 2 is 0.787 bits per heavy atom. The number of hydrogen-bond donors (Lipinski definition) is 27. The van der Waals surface area contributed by atoms with E-state index < -0.39 is 314 Å². The molecular weight excluding hydrogens is 1690 g/mol. The molecule has 0 saturated carbocycles. The average Bonchev–Trinajstić information content (AvgIpc) is 0.742. The van der Waals surface area contributed by atoms with E-state index in [1.54, 1.807) is 6.08 Å². The number of aliphatic hydroxyl groups excluding tert-OH is 21. The molecule has 0 bridgehead atoms. The van der Waals surface area contributed by atoms with E-state index in [2.05, 4.69) is 35.1 Å². The van der Waals surface area contributed by atoms with Crippen LogP contribution in [0, 0.1) is 11.8 Å². The number of carbonyl (C=O) groups excluding carboxylic acids is 4. The quantitative estimate of drug-likeness (QED) is 0.0200. The van der Waals surface area contributed by atoms with Crippen molar-refractivity contribution in [1.29, 1.82) is 0 Å². The van der Waals surface area contributed by atoms with Crippen LogP contribution in [-0.2, 0) is 76.1 Å². The average molecular weight is 1840 g/mol. The molecule has 6 aliphatic heterocycles. The third-order valence-electron chi connectivity index (χ3n) is 25.0. The number of nitrogens with one attached hydrogen (secondary N) is 4. The first-order chi connectivity index (χ1) is 60.4. The highest BCUT2D eigenvalue weighted by atomic mass is 16.8. The number of carboxylic acids is 2. The molecule has 0 aromatic carbocycles. The molecule has 0 radical (unpaired) electrons. The molecule has 127 heavy (non-hydrogen) atoms. The van der Waals surface area contributed by atoms with Gasteiger partial charge in [0, 0.05) is 51.9 Å². The summed E-state index contributed by atoms with van der Waals surface area (Å²) in [6, 6.07) is -7.12. The first-order valence-corrected chi connectivity index (χ1v) is 45.1. The highest BCUT2D eigenvalue weighted by Crippen LogP contribution is 2.47. The van der Waals surface area contributed by atoms with Crippen LogP contribution in [0.25, 0.3) is 0 Å². The summed E-state index contributed by atoms with van der Waals surface area (Å²) in [5.41, 5.74) is -6.82. The first-order valence-electron chi connectivity index (χ1n) is 45.1. The van der Waals surface area contributed by atoms with Gasteiger partial charge in [0.2, 0.25) is 23.6 Å². The molecule has 4 amide bonds. The van der Waals surface area contributed by atoms with Crippen molar-refractivity contribution in [3.05, 3.63) is 12.2 Å². The minimum Gasteiger partial charge on any atom is -0.479 e. The number of aliphatic hydroxyl groups is 21. The molecule has 738 valence electrons. The standard InChI is InChI=1S/C84H148N4O39/c1-6-8-10-12-14-16-18-20-22-24-26-28-30-32-47(98)46(88-56(103)33-31-29-27-25-23-21-19-17-15-13-11-9-7-2)42-118-78-69(111)68(110)71(55(41-94)121-78)124-80-67(109)58(76(113)84(82(116)117)35-49(100)60(86-44(4)96)74(127-84)63(105)51(102)37-90)70(54(40-93)122-80)123-77-61(87-45(5)97)72(65(107)53(39-92)119-77)125-79-66(108)57(64(106)52(38-91)120-79)75(112)83(81(114)115)34-48(99)59(85-43(3)95)73(126-83)62(104)50(101)36-89/h30,32,46-55,57-80,89-94,98-102,104-113H,6-29,31,33-42H2,1-5H3,(H,85,95)(H,86,96)(H,87,97)(H,88,103)(H,114,115)(H,116,117)/b32-30+/t46-,47+,48+,49+,50?,51?,52-,53-,54-,55-,57+,58-,59-,60-,61-,62?,63?,64+,65+,66-,67-,68-,69-,70+,71-,72-,73?,74?,75?,76?,77+,78-,79+,80+,83+,84+/m1/s1. The Morgan fingerprint density at radius 1 is 0.417 bits per heavy atom. The van der Waals surface area contributed by atoms with Gasteiger partial charge in [-0.15, -0.1) is 0 Å². The van der Waals surface area contributed by atoms with Crippen LogP contribution in [-0.4, -0.2) is 406 Å². The monoisotopic (exact) mass is 1840 g/mol. The number of ether oxygens (including phenoxy) is 10. The van der Waals surface area contributed by atoms with Crippen LogP contribution in [0.3, 0.4) is 0 Å². The molecule has 43 heteroatoms. The minimum atomic E-state index is -3.50. The van der Waals surface area contributed by atoms with Gasteiger partial charge in [-0.05, 0) is 19.3 Å². The molecule has 43 nitrogen and oxygen atoms in total. The van der Waals surface area contributed by atoms with Gasteiger partial charge in [-0.3, -0.25) is 19.2 Å². The number of aliphatic carboxylic acids is 2. The van der Waals surface area contributed by atoms with Crippen molar-refractivity contribution in [2.45, 2.75) is 421 Å². The van der Waals surface area contributed by atoms with E-state index in [1.165, 1.54) is 89.5 Å². The predicted molar refractivity (Wildman–Crippen MR) is 440 cm³/mol. The molecule has 6 fully saturated rings. The summed E-state index contributed by atoms with van der Waals surface area (Å²) in [6.07, 6.45) is -37.4. The molecule has 0 aliphatic carbocycles. The molecule has 0 aromatic rings. The number of rotatable bonds is 57. The second-order valence-corrected chi connectivity index (χ2v) is 34.7. The second-order valence-electron chi connectivity index (χ2n) is 34.7. The molecule has 0 spiro atoms. The predicted octanol–water partition coefficient (Wildman–Crippen LogP) is -5.38. The molecular formula is C84H148N4O39. The summed E-state index contributed by atoms with van der Waals surface area (Å²) >= 11 is 0. The molecule has 27 N–H and O–H groups in total. The van der Waals surface area contributed by atoms with Crippen LogP contribution in [0.2, 0.25) is 0 Å². The Bertz CT molecular complexity index is 3240. The SMILES string of the molecule is CCCCCCCCCCCCC/C=C/[C@H](O)[C@@H](CO[C@@H]1O[C@H](CO)[C@@H](O[C@@H]2O[C@H](CO)[C@H](O[C@@H]3O[C@H](CO)[C@H](O)[C@H](O[C@@H]4O[C@H](CO)[C@H](O)[C@H](C(O)[C@]5(C(=O)O)C[C@H](O)[C@@H](NC(C)=O)C(C(O)C(O)CO)O5)[C@H]4O)[C@H]3NC(C)=O)[C@H](C(O)[C@]3(C(=O)O)C[C@H](O)[C@@H](NC(C)=O)C(C(O)C(O)CO)O3)[C@H]2O)[C@H](O)[C@H]1O)NC(=O)CCCCCCCCCCCCCCC. The van der Waals surface area contributed by atoms with Gasteiger partial charge in [-0.25, -0.2) is 9.59 Å². The molecule has 6 saturated heterocycles. The van der Waals surface area contributed by atoms with Crippen molar-refractivity contribution in [3.63, 3.8) is 0 Å². The smallest absolute Gasteiger partial charge is 0.338 e. The zero-order chi connectivity index (χ0) is 94.2. The number of hydrogen-bond acceptors (Lipinski definition) is 37. The van der Waals surface area contributed by atoms with Gasteiger partial charge in [0.15, 0.2) is 36.4 Å². The van der Waals surface area contributed by atoms with Crippen molar-refractivity contribution < 1.29 is 194 Å². The van der Waals surface area contributed by atoms with Crippen LogP contribution >= 0.6 is 0 Å². The van der Waals surface area contributed by atoms with Crippen molar-refractivity contribution in [1.82, 2.24) is 21.3 Å². The highest BCUT2D eigenvalue weighted by molar-refractivity contribution is 5.80. The van der Waals surface area contributed by atoms with Gasteiger partial charge in [-0.1, -0.05) is 167 Å². The van der Waals surface area contributed by atoms with E-state index in [0.717, 1.165) is 85.0 Å². The lowest BCUT2D eigenvalue weighted by Crippen LogP contribution is -2.74. The fourth-order valence-electron chi connectivity index (χ4n) is 17.8. The number of carboxylic acid groups (broad SMARTS) is 2. The Kier molecular flexibility index (Phi) is 48.3. The first kappa shape index (κ1) is 111. The summed E-state index contributed by atoms with van der Waals surface area (Å²) in [6.45, 7) is -1.18. The maximum absolute atomic E-state index is 14.2. The molecule has 6 heterocycles. The van der Waals surface area contributed by atoms with Gasteiger partial charge in [0.25, 0.3) is 0 Å². The van der Waals surface area contributed by atoms with E-state index in [-0.39, 0.29) is 6.42 Å². The fraction of sp³-hybridized carbons (Fsp3) is 0.905. The molecule has 8 unspecified atom stereocenters. The van der Waals surface area contributed by atoms with Gasteiger partial charge in [0.1, 0.15) is 122 Å². The summed E-state index contributed by atoms with van der Waals surface area (Å²) in [7, 11) is 0. The van der Waals surface area contributed by atoms with E-state index in [0.29, 0.717) is 12.8 Å². The Hall–Kier alpha value is -4.68. The van der Waals surface area contributed by atoms with E-state index >= 15 is 0 Å². The Balaban J connectivity index is 1.34. The highest BCUT2D eigenvalue weighted by Gasteiger charge is 2.67. The summed E-state index contributed by atoms with van der Waals surface area (Å²) < 4.78 is 60.6. The van der Waals surface area contributed by atoms with Crippen molar-refractivity contribution in [3.8, 4) is 0 Å². The number of allylic oxidation sites excluding steroid dienone is 1. The van der Waals surface area contributed by atoms with E-state index in [4.69, 9.17) is 47.4 Å². The van der Waals surface area contributed by atoms with Crippen LogP contribution in [0.1, 0.15) is 214 Å². The topological polar surface area (TPSA) is 708 Å². The minimum absolute atomic E-state index is 0.0833. The van der Waals surface area contributed by atoms with Gasteiger partial charge in [0.05, 0.1) is 94.9 Å². The van der Waals surface area contributed by atoms with Crippen LogP contribution in [0.5, 0.6) is 0 Å². The Morgan fingerprint density at radius 3 is 1.22 bits per heavy atom. The number of unbranched alkanes of at least 4 members (excludes halogenated alkanes) is 23.